The van der Waals surface area contributed by atoms with Gasteiger partial charge in [-0.1, -0.05) is 0 Å². The predicted octanol–water partition coefficient (Wildman–Crippen LogP) is 2.78. The van der Waals surface area contributed by atoms with Gasteiger partial charge >= 0.3 is 0 Å². The number of benzene rings is 2. The van der Waals surface area contributed by atoms with Crippen molar-refractivity contribution >= 4 is 43.3 Å². The normalized spacial score (nSPS) is 12.4. The minimum atomic E-state index is -3.95. The molecule has 0 aliphatic carbocycles. The van der Waals surface area contributed by atoms with Crippen LogP contribution in [-0.4, -0.2) is 51.6 Å². The molecule has 0 saturated carbocycles. The molecule has 3 aromatic rings. The summed E-state index contributed by atoms with van der Waals surface area (Å²) in [6, 6.07) is 12.3. The number of carbonyl (C=O) groups is 1. The number of anilines is 3. The van der Waals surface area contributed by atoms with Crippen molar-refractivity contribution in [2.24, 2.45) is 0 Å². The zero-order valence-electron chi connectivity index (χ0n) is 20.2. The van der Waals surface area contributed by atoms with E-state index in [1.165, 1.54) is 37.4 Å². The Balaban J connectivity index is 1.75. The van der Waals surface area contributed by atoms with Crippen molar-refractivity contribution in [1.82, 2.24) is 9.97 Å². The first-order valence-corrected chi connectivity index (χ1v) is 14.2. The lowest BCUT2D eigenvalue weighted by Crippen LogP contribution is -2.45. The maximum absolute atomic E-state index is 12.9. The van der Waals surface area contributed by atoms with Crippen molar-refractivity contribution in [1.29, 1.82) is 0 Å². The number of aryl methyl sites for hydroxylation is 1. The maximum atomic E-state index is 12.9. The second-order valence-corrected chi connectivity index (χ2v) is 11.3. The Morgan fingerprint density at radius 1 is 1.03 bits per heavy atom. The number of aromatic nitrogens is 2. The molecule has 2 N–H and O–H groups in total. The Kier molecular flexibility index (Phi) is 8.15. The molecule has 36 heavy (non-hydrogen) atoms. The molecular weight excluding hydrogens is 506 g/mol. The van der Waals surface area contributed by atoms with E-state index in [1.54, 1.807) is 37.3 Å². The van der Waals surface area contributed by atoms with E-state index in [1.807, 2.05) is 6.92 Å². The number of nitrogens with one attached hydrogen (secondary N) is 2. The number of hydrogen-bond acceptors (Lipinski definition) is 8. The van der Waals surface area contributed by atoms with Crippen LogP contribution in [0.25, 0.3) is 0 Å². The predicted molar refractivity (Wildman–Crippen MR) is 137 cm³/mol. The molecule has 0 aliphatic rings. The number of carbonyl (C=O) groups excluding carboxylic acids is 1. The van der Waals surface area contributed by atoms with Crippen LogP contribution in [0.3, 0.4) is 0 Å². The lowest BCUT2D eigenvalue weighted by atomic mass is 10.2. The lowest BCUT2D eigenvalue weighted by molar-refractivity contribution is -0.116. The van der Waals surface area contributed by atoms with Crippen LogP contribution in [-0.2, 0) is 24.8 Å². The second-order valence-electron chi connectivity index (χ2n) is 7.80. The summed E-state index contributed by atoms with van der Waals surface area (Å²) in [4.78, 5) is 20.7. The highest BCUT2D eigenvalue weighted by Gasteiger charge is 2.29. The summed E-state index contributed by atoms with van der Waals surface area (Å²) in [5.41, 5.74) is 1.19. The number of nitrogens with zero attached hydrogens (tertiary/aromatic N) is 3. The van der Waals surface area contributed by atoms with Crippen LogP contribution in [0.4, 0.5) is 17.3 Å². The monoisotopic (exact) mass is 533 g/mol. The molecule has 11 nitrogen and oxygen atoms in total. The van der Waals surface area contributed by atoms with Crippen molar-refractivity contribution in [3.05, 3.63) is 66.5 Å². The molecule has 1 heterocycles. The van der Waals surface area contributed by atoms with E-state index in [0.29, 0.717) is 23.7 Å². The number of rotatable bonds is 10. The summed E-state index contributed by atoms with van der Waals surface area (Å²) < 4.78 is 58.9. The maximum Gasteiger partial charge on any atom is 0.264 e. The minimum absolute atomic E-state index is 0.0589. The first-order valence-electron chi connectivity index (χ1n) is 10.9. The van der Waals surface area contributed by atoms with E-state index >= 15 is 0 Å². The van der Waals surface area contributed by atoms with E-state index in [2.05, 4.69) is 20.0 Å². The first kappa shape index (κ1) is 26.9. The third kappa shape index (κ3) is 6.70. The molecule has 0 bridgehead atoms. The second kappa shape index (κ2) is 10.9. The fraction of sp³-hybridized carbons (Fsp3) is 0.261. The Morgan fingerprint density at radius 3 is 2.22 bits per heavy atom. The Hall–Kier alpha value is -3.71. The van der Waals surface area contributed by atoms with Gasteiger partial charge in [-0.3, -0.25) is 9.10 Å². The molecule has 1 aromatic heterocycles. The molecule has 1 atom stereocenters. The number of hydrogen-bond donors (Lipinski definition) is 2. The van der Waals surface area contributed by atoms with E-state index in [-0.39, 0.29) is 16.5 Å². The van der Waals surface area contributed by atoms with Crippen LogP contribution in [0, 0.1) is 6.92 Å². The molecule has 0 spiro atoms. The number of ether oxygens (including phenoxy) is 1. The zero-order valence-corrected chi connectivity index (χ0v) is 21.8. The van der Waals surface area contributed by atoms with Crippen LogP contribution >= 0.6 is 0 Å². The van der Waals surface area contributed by atoms with Crippen molar-refractivity contribution < 1.29 is 26.4 Å². The third-order valence-electron chi connectivity index (χ3n) is 4.94. The highest BCUT2D eigenvalue weighted by molar-refractivity contribution is 7.92. The average Bonchev–Trinajstić information content (AvgIpc) is 2.79. The smallest absolute Gasteiger partial charge is 0.264 e. The summed E-state index contributed by atoms with van der Waals surface area (Å²) in [6.45, 7) is 5.46. The van der Waals surface area contributed by atoms with Gasteiger partial charge in [0.15, 0.2) is 0 Å². The summed E-state index contributed by atoms with van der Waals surface area (Å²) >= 11 is 0. The van der Waals surface area contributed by atoms with Crippen LogP contribution in [0.5, 0.6) is 5.75 Å². The largest absolute Gasteiger partial charge is 0.494 e. The highest BCUT2D eigenvalue weighted by atomic mass is 32.2. The van der Waals surface area contributed by atoms with Gasteiger partial charge in [0.1, 0.15) is 11.8 Å². The molecule has 0 unspecified atom stereocenters. The molecule has 13 heteroatoms. The molecule has 2 aromatic carbocycles. The van der Waals surface area contributed by atoms with Gasteiger partial charge in [0, 0.05) is 17.6 Å². The lowest BCUT2D eigenvalue weighted by Gasteiger charge is -2.28. The SMILES string of the molecule is CCOc1ccc(N([C@H](C)C(=O)Nc2ccc(S(=O)(=O)Nc3nccc(C)n3)cc2)S(C)(=O)=O)cc1. The van der Waals surface area contributed by atoms with Gasteiger partial charge in [-0.2, -0.15) is 0 Å². The van der Waals surface area contributed by atoms with Gasteiger partial charge in [0.25, 0.3) is 10.0 Å². The standard InChI is InChI=1S/C23H27N5O6S2/c1-5-34-20-10-8-19(9-11-20)28(35(4,30)31)17(3)22(29)26-18-6-12-21(13-7-18)36(32,33)27-23-24-15-14-16(2)25-23/h6-15,17H,5H2,1-4H3,(H,26,29)(H,24,25,27)/t17-/m1/s1. The molecule has 0 saturated heterocycles. The Bertz CT molecular complexity index is 1430. The molecule has 192 valence electrons. The van der Waals surface area contributed by atoms with Crippen LogP contribution in [0.15, 0.2) is 65.7 Å². The first-order chi connectivity index (χ1) is 16.9. The number of amides is 1. The molecule has 0 aliphatic heterocycles. The van der Waals surface area contributed by atoms with E-state index in [0.717, 1.165) is 10.6 Å². The molecule has 3 rings (SSSR count). The van der Waals surface area contributed by atoms with Gasteiger partial charge < -0.3 is 10.1 Å². The van der Waals surface area contributed by atoms with Crippen LogP contribution in [0.1, 0.15) is 19.5 Å². The van der Waals surface area contributed by atoms with Crippen molar-refractivity contribution in [3.8, 4) is 5.75 Å². The number of sulfonamides is 2. The van der Waals surface area contributed by atoms with Crippen molar-refractivity contribution in [2.45, 2.75) is 31.7 Å². The third-order valence-corrected chi connectivity index (χ3v) is 7.53. The molecule has 0 fully saturated rings. The molecular formula is C23H27N5O6S2. The fourth-order valence-corrected chi connectivity index (χ4v) is 5.43. The quantitative estimate of drug-likeness (QED) is 0.404. The minimum Gasteiger partial charge on any atom is -0.494 e. The zero-order chi connectivity index (χ0) is 26.5. The van der Waals surface area contributed by atoms with E-state index in [4.69, 9.17) is 4.74 Å². The van der Waals surface area contributed by atoms with Gasteiger partial charge in [0.05, 0.1) is 23.4 Å². The van der Waals surface area contributed by atoms with Gasteiger partial charge in [-0.15, -0.1) is 0 Å². The Morgan fingerprint density at radius 2 is 1.67 bits per heavy atom. The highest BCUT2D eigenvalue weighted by Crippen LogP contribution is 2.25. The summed E-state index contributed by atoms with van der Waals surface area (Å²) in [7, 11) is -7.76. The Labute approximate surface area is 210 Å². The molecule has 0 radical (unpaired) electrons. The molecule has 1 amide bonds. The van der Waals surface area contributed by atoms with Gasteiger partial charge in [-0.05, 0) is 75.4 Å². The van der Waals surface area contributed by atoms with Crippen molar-refractivity contribution in [3.63, 3.8) is 0 Å². The van der Waals surface area contributed by atoms with Crippen LogP contribution < -0.4 is 19.1 Å². The summed E-state index contributed by atoms with van der Waals surface area (Å²) in [5, 5.41) is 2.62. The van der Waals surface area contributed by atoms with Crippen molar-refractivity contribution in [2.75, 3.05) is 27.2 Å². The van der Waals surface area contributed by atoms with Gasteiger partial charge in [-0.25, -0.2) is 31.5 Å². The van der Waals surface area contributed by atoms with E-state index < -0.39 is 32.0 Å². The van der Waals surface area contributed by atoms with Crippen LogP contribution in [0.2, 0.25) is 0 Å². The fourth-order valence-electron chi connectivity index (χ4n) is 3.31. The average molecular weight is 534 g/mol. The summed E-state index contributed by atoms with van der Waals surface area (Å²) in [6.07, 6.45) is 2.45. The topological polar surface area (TPSA) is 148 Å². The van der Waals surface area contributed by atoms with Gasteiger partial charge in [0.2, 0.25) is 21.9 Å². The summed E-state index contributed by atoms with van der Waals surface area (Å²) in [5.74, 6) is -0.0853. The van der Waals surface area contributed by atoms with E-state index in [9.17, 15) is 21.6 Å².